The average molecular weight is 866 g/mol. The van der Waals surface area contributed by atoms with Crippen molar-refractivity contribution in [1.29, 1.82) is 0 Å². The van der Waals surface area contributed by atoms with E-state index in [1.165, 1.54) is 12.1 Å². The van der Waals surface area contributed by atoms with Crippen molar-refractivity contribution in [3.8, 4) is 56.7 Å². The second kappa shape index (κ2) is 15.0. The Morgan fingerprint density at radius 1 is 0.354 bits per heavy atom. The highest BCUT2D eigenvalue weighted by molar-refractivity contribution is 6.12. The van der Waals surface area contributed by atoms with E-state index >= 15 is 0 Å². The van der Waals surface area contributed by atoms with Gasteiger partial charge in [0.05, 0.1) is 44.6 Å². The number of aromatic nitrogens is 5. The van der Waals surface area contributed by atoms with E-state index in [4.69, 9.17) is 15.0 Å². The van der Waals surface area contributed by atoms with Gasteiger partial charge in [-0.05, 0) is 73.7 Å². The molecule has 0 spiro atoms. The zero-order valence-electron chi connectivity index (χ0n) is 34.3. The van der Waals surface area contributed by atoms with Crippen LogP contribution in [0.5, 0.6) is 0 Å². The van der Waals surface area contributed by atoms with Crippen LogP contribution in [0.2, 0.25) is 0 Å². The Bertz CT molecular complexity index is 3590. The van der Waals surface area contributed by atoms with Crippen molar-refractivity contribution in [3.05, 3.63) is 199 Å². The normalized spacial score (nSPS) is 12.2. The number of halogens is 6. The summed E-state index contributed by atoms with van der Waals surface area (Å²) < 4.78 is 91.6. The molecule has 0 atom stereocenters. The lowest BCUT2D eigenvalue weighted by Gasteiger charge is -2.21. The summed E-state index contributed by atoms with van der Waals surface area (Å²) in [7, 11) is 0. The second-order valence-electron chi connectivity index (χ2n) is 16.0. The van der Waals surface area contributed by atoms with E-state index in [2.05, 4.69) is 6.07 Å². The SMILES string of the molecule is Cc1ccc2c(c1)c1ccccc1n2-c1ccc(C(F)(F)F)cc1-c1ccc(-c2nc(-c3ccccc3)nc(-c3ccccc3)n2)cc1-n1c2ccccc2c2cc(C(F)(F)F)ccc21. The Kier molecular flexibility index (Phi) is 9.21. The van der Waals surface area contributed by atoms with Crippen LogP contribution in [0.3, 0.4) is 0 Å². The molecule has 3 aromatic heterocycles. The van der Waals surface area contributed by atoms with Gasteiger partial charge in [0, 0.05) is 49.4 Å². The van der Waals surface area contributed by atoms with Crippen LogP contribution >= 0.6 is 0 Å². The zero-order chi connectivity index (χ0) is 44.6. The summed E-state index contributed by atoms with van der Waals surface area (Å²) in [4.78, 5) is 14.8. The van der Waals surface area contributed by atoms with E-state index in [0.29, 0.717) is 56.0 Å². The maximum Gasteiger partial charge on any atom is 0.416 e. The van der Waals surface area contributed by atoms with Crippen LogP contribution in [0, 0.1) is 6.92 Å². The number of para-hydroxylation sites is 2. The first-order chi connectivity index (χ1) is 31.4. The van der Waals surface area contributed by atoms with Gasteiger partial charge in [0.2, 0.25) is 0 Å². The molecule has 0 aliphatic rings. The van der Waals surface area contributed by atoms with Crippen LogP contribution in [-0.4, -0.2) is 24.1 Å². The van der Waals surface area contributed by atoms with E-state index in [-0.39, 0.29) is 11.4 Å². The van der Waals surface area contributed by atoms with E-state index < -0.39 is 23.5 Å². The standard InChI is InChI=1S/C54H33F6N5/c1-32-20-25-46-41(28-32)38-16-8-10-18-44(38)64(46)47-26-22-37(54(58,59)60)31-43(47)40-24-21-35(52-62-50(33-12-4-2-5-13-33)61-51(63-52)34-14-6-3-7-15-34)29-49(40)65-45-19-11-9-17-39(45)42-30-36(53(55,56)57)23-27-48(42)65/h2-31H,1H3. The second-order valence-corrected chi connectivity index (χ2v) is 16.0. The maximum absolute atomic E-state index is 14.9. The summed E-state index contributed by atoms with van der Waals surface area (Å²) in [6.45, 7) is 1.99. The summed E-state index contributed by atoms with van der Waals surface area (Å²) in [6.07, 6.45) is -9.33. The lowest BCUT2D eigenvalue weighted by Crippen LogP contribution is -2.08. The number of hydrogen-bond acceptors (Lipinski definition) is 3. The van der Waals surface area contributed by atoms with Crippen LogP contribution < -0.4 is 0 Å². The maximum atomic E-state index is 14.9. The predicted octanol–water partition coefficient (Wildman–Crippen LogP) is 15.1. The fourth-order valence-corrected chi connectivity index (χ4v) is 8.90. The third kappa shape index (κ3) is 6.87. The minimum absolute atomic E-state index is 0.244. The van der Waals surface area contributed by atoms with E-state index in [0.717, 1.165) is 62.8 Å². The molecule has 0 radical (unpaired) electrons. The number of aryl methyl sites for hydroxylation is 1. The highest BCUT2D eigenvalue weighted by Crippen LogP contribution is 2.45. The van der Waals surface area contributed by atoms with E-state index in [9.17, 15) is 26.3 Å². The Balaban J connectivity index is 1.26. The van der Waals surface area contributed by atoms with Crippen molar-refractivity contribution >= 4 is 43.6 Å². The predicted molar refractivity (Wildman–Crippen MR) is 245 cm³/mol. The largest absolute Gasteiger partial charge is 0.416 e. The summed E-state index contributed by atoms with van der Waals surface area (Å²) >= 11 is 0. The lowest BCUT2D eigenvalue weighted by atomic mass is 9.96. The number of alkyl halides is 6. The van der Waals surface area contributed by atoms with Crippen molar-refractivity contribution in [2.45, 2.75) is 19.3 Å². The molecule has 316 valence electrons. The summed E-state index contributed by atoms with van der Waals surface area (Å²) in [5, 5.41) is 2.72. The summed E-state index contributed by atoms with van der Waals surface area (Å²) in [5.74, 6) is 1.09. The first-order valence-corrected chi connectivity index (χ1v) is 20.7. The van der Waals surface area contributed by atoms with Crippen LogP contribution in [0.1, 0.15) is 16.7 Å². The van der Waals surface area contributed by atoms with Crippen LogP contribution in [0.15, 0.2) is 182 Å². The summed E-state index contributed by atoms with van der Waals surface area (Å²) in [6, 6.07) is 52.3. The van der Waals surface area contributed by atoms with Gasteiger partial charge in [0.15, 0.2) is 17.5 Å². The zero-order valence-corrected chi connectivity index (χ0v) is 34.3. The Labute approximate surface area is 367 Å². The molecule has 65 heavy (non-hydrogen) atoms. The van der Waals surface area contributed by atoms with Gasteiger partial charge in [-0.1, -0.05) is 121 Å². The van der Waals surface area contributed by atoms with Gasteiger partial charge in [-0.3, -0.25) is 0 Å². The van der Waals surface area contributed by atoms with Gasteiger partial charge in [0.25, 0.3) is 0 Å². The Hall–Kier alpha value is -8.05. The molecule has 0 aliphatic carbocycles. The minimum atomic E-state index is -4.71. The number of benzene rings is 8. The van der Waals surface area contributed by atoms with Crippen molar-refractivity contribution in [2.75, 3.05) is 0 Å². The molecule has 0 saturated heterocycles. The van der Waals surface area contributed by atoms with Crippen molar-refractivity contribution < 1.29 is 26.3 Å². The Morgan fingerprint density at radius 3 is 1.40 bits per heavy atom. The summed E-state index contributed by atoms with van der Waals surface area (Å²) in [5.41, 5.74) is 5.36. The number of rotatable bonds is 6. The molecule has 0 unspecified atom stereocenters. The highest BCUT2D eigenvalue weighted by Gasteiger charge is 2.34. The Morgan fingerprint density at radius 2 is 0.815 bits per heavy atom. The fraction of sp³-hybridized carbons (Fsp3) is 0.0556. The molecule has 11 heteroatoms. The quantitative estimate of drug-likeness (QED) is 0.156. The first-order valence-electron chi connectivity index (χ1n) is 20.7. The smallest absolute Gasteiger partial charge is 0.309 e. The minimum Gasteiger partial charge on any atom is -0.309 e. The molecule has 3 heterocycles. The molecule has 0 aliphatic heterocycles. The number of fused-ring (bicyclic) bond motifs is 6. The monoisotopic (exact) mass is 865 g/mol. The molecule has 0 fully saturated rings. The molecule has 0 amide bonds. The van der Waals surface area contributed by atoms with Gasteiger partial charge in [-0.25, -0.2) is 15.0 Å². The first kappa shape index (κ1) is 39.8. The molecule has 0 saturated carbocycles. The van der Waals surface area contributed by atoms with Gasteiger partial charge in [0.1, 0.15) is 0 Å². The number of nitrogens with zero attached hydrogens (tertiary/aromatic N) is 5. The van der Waals surface area contributed by atoms with Crippen LogP contribution in [0.4, 0.5) is 26.3 Å². The molecular weight excluding hydrogens is 833 g/mol. The lowest BCUT2D eigenvalue weighted by molar-refractivity contribution is -0.138. The van der Waals surface area contributed by atoms with Gasteiger partial charge >= 0.3 is 12.4 Å². The topological polar surface area (TPSA) is 48.5 Å². The van der Waals surface area contributed by atoms with Crippen LogP contribution in [0.25, 0.3) is 100 Å². The van der Waals surface area contributed by atoms with Crippen molar-refractivity contribution in [2.24, 2.45) is 0 Å². The van der Waals surface area contributed by atoms with Gasteiger partial charge in [-0.15, -0.1) is 0 Å². The molecule has 0 bridgehead atoms. The third-order valence-electron chi connectivity index (χ3n) is 11.9. The third-order valence-corrected chi connectivity index (χ3v) is 11.9. The van der Waals surface area contributed by atoms with Gasteiger partial charge < -0.3 is 9.13 Å². The molecule has 0 N–H and O–H groups in total. The van der Waals surface area contributed by atoms with E-state index in [1.54, 1.807) is 42.5 Å². The number of hydrogen-bond donors (Lipinski definition) is 0. The fourth-order valence-electron chi connectivity index (χ4n) is 8.90. The average Bonchev–Trinajstić information content (AvgIpc) is 3.83. The van der Waals surface area contributed by atoms with Crippen LogP contribution in [-0.2, 0) is 12.4 Å². The highest BCUT2D eigenvalue weighted by atomic mass is 19.4. The molecule has 11 aromatic rings. The van der Waals surface area contributed by atoms with E-state index in [1.807, 2.05) is 113 Å². The van der Waals surface area contributed by atoms with Crippen molar-refractivity contribution in [1.82, 2.24) is 24.1 Å². The molecule has 8 aromatic carbocycles. The molecular formula is C54H33F6N5. The molecule has 5 nitrogen and oxygen atoms in total. The molecule has 11 rings (SSSR count). The van der Waals surface area contributed by atoms with Crippen molar-refractivity contribution in [3.63, 3.8) is 0 Å². The van der Waals surface area contributed by atoms with Gasteiger partial charge in [-0.2, -0.15) is 26.3 Å².